The maximum absolute atomic E-state index is 10.8. The summed E-state index contributed by atoms with van der Waals surface area (Å²) in [7, 11) is 1.49. The second-order valence-corrected chi connectivity index (χ2v) is 14.0. The van der Waals surface area contributed by atoms with Gasteiger partial charge in [-0.3, -0.25) is 19.2 Å². The van der Waals surface area contributed by atoms with Crippen molar-refractivity contribution in [3.63, 3.8) is 0 Å². The van der Waals surface area contributed by atoms with E-state index in [1.165, 1.54) is 54.2 Å². The van der Waals surface area contributed by atoms with Crippen LogP contribution in [0, 0.1) is 0 Å². The van der Waals surface area contributed by atoms with Gasteiger partial charge in [0.05, 0.1) is 29.6 Å². The molecule has 18 heteroatoms. The van der Waals surface area contributed by atoms with Gasteiger partial charge in [0.2, 0.25) is 0 Å². The lowest BCUT2D eigenvalue weighted by molar-refractivity contribution is -0.318. The molecule has 0 aromatic rings. The van der Waals surface area contributed by atoms with Gasteiger partial charge in [-0.15, -0.1) is 0 Å². The minimum Gasteiger partial charge on any atom is -0.481 e. The van der Waals surface area contributed by atoms with Gasteiger partial charge in [-0.05, 0) is 48.7 Å². The van der Waals surface area contributed by atoms with E-state index in [-0.39, 0.29) is 29.6 Å². The lowest BCUT2D eigenvalue weighted by Crippen LogP contribution is -2.62. The SMILES string of the molecule is CO[C@H]1O[C@H](COCCCSCC(=O)O)[C@@H](OCCCSCC(=O)O)[C@H](OCCCSCC(=O)O)[C@H]1OCCCSCC(=O)O. The van der Waals surface area contributed by atoms with E-state index in [4.69, 9.17) is 48.8 Å². The fourth-order valence-electron chi connectivity index (χ4n) is 4.01. The van der Waals surface area contributed by atoms with Gasteiger partial charge in [-0.1, -0.05) is 0 Å². The summed E-state index contributed by atoms with van der Waals surface area (Å²) in [5, 5.41) is 35.5. The molecule has 0 spiro atoms. The molecule has 0 saturated carbocycles. The third-order valence-electron chi connectivity index (χ3n) is 5.82. The van der Waals surface area contributed by atoms with Gasteiger partial charge in [0.25, 0.3) is 0 Å². The van der Waals surface area contributed by atoms with E-state index in [9.17, 15) is 19.2 Å². The van der Waals surface area contributed by atoms with Crippen LogP contribution < -0.4 is 0 Å². The Labute approximate surface area is 280 Å². The number of hydrogen-bond acceptors (Lipinski definition) is 14. The second-order valence-electron chi connectivity index (χ2n) is 9.56. The summed E-state index contributed by atoms with van der Waals surface area (Å²) in [5.74, 6) is -1.15. The highest BCUT2D eigenvalue weighted by Gasteiger charge is 2.48. The van der Waals surface area contributed by atoms with Crippen LogP contribution in [-0.2, 0) is 47.6 Å². The number of aliphatic carboxylic acids is 4. The van der Waals surface area contributed by atoms with Crippen LogP contribution in [0.5, 0.6) is 0 Å². The molecule has 0 aromatic heterocycles. The van der Waals surface area contributed by atoms with Gasteiger partial charge in [0.15, 0.2) is 6.29 Å². The van der Waals surface area contributed by atoms with Gasteiger partial charge < -0.3 is 48.8 Å². The number of ether oxygens (including phenoxy) is 6. The van der Waals surface area contributed by atoms with Crippen LogP contribution >= 0.6 is 47.0 Å². The smallest absolute Gasteiger partial charge is 0.313 e. The van der Waals surface area contributed by atoms with E-state index in [1.807, 2.05) is 0 Å². The topological polar surface area (TPSA) is 205 Å². The molecule has 14 nitrogen and oxygen atoms in total. The Kier molecular flexibility index (Phi) is 25.3. The van der Waals surface area contributed by atoms with Crippen molar-refractivity contribution in [3.05, 3.63) is 0 Å². The molecule has 1 aliphatic heterocycles. The Morgan fingerprint density at radius 1 is 0.578 bits per heavy atom. The molecule has 0 bridgehead atoms. The first kappa shape index (κ1) is 42.1. The average Bonchev–Trinajstić information content (AvgIpc) is 2.98. The Hall–Kier alpha value is -0.960. The third kappa shape index (κ3) is 21.5. The summed E-state index contributed by atoms with van der Waals surface area (Å²) in [5.41, 5.74) is 0. The first-order valence-corrected chi connectivity index (χ1v) is 19.1. The highest BCUT2D eigenvalue weighted by molar-refractivity contribution is 8.00. The molecule has 0 aromatic carbocycles. The molecule has 5 atom stereocenters. The monoisotopic (exact) mass is 722 g/mol. The van der Waals surface area contributed by atoms with Crippen LogP contribution in [0.2, 0.25) is 0 Å². The van der Waals surface area contributed by atoms with Gasteiger partial charge in [-0.2, -0.15) is 47.0 Å². The van der Waals surface area contributed by atoms with Crippen LogP contribution in [0.4, 0.5) is 0 Å². The fraction of sp³-hybridized carbons (Fsp3) is 0.852. The summed E-state index contributed by atoms with van der Waals surface area (Å²) in [6.07, 6.45) is -1.01. The van der Waals surface area contributed by atoms with E-state index in [1.54, 1.807) is 0 Å². The molecule has 1 fully saturated rings. The van der Waals surface area contributed by atoms with Gasteiger partial charge in [-0.25, -0.2) is 0 Å². The predicted octanol–water partition coefficient (Wildman–Crippen LogP) is 2.36. The quantitative estimate of drug-likeness (QED) is 0.0786. The molecule has 0 aliphatic carbocycles. The van der Waals surface area contributed by atoms with Crippen LogP contribution in [0.1, 0.15) is 25.7 Å². The summed E-state index contributed by atoms with van der Waals surface area (Å²) in [4.78, 5) is 43.2. The molecule has 1 aliphatic rings. The zero-order chi connectivity index (χ0) is 33.3. The first-order valence-electron chi connectivity index (χ1n) is 14.4. The van der Waals surface area contributed by atoms with Crippen molar-refractivity contribution in [1.82, 2.24) is 0 Å². The van der Waals surface area contributed by atoms with Crippen LogP contribution in [0.3, 0.4) is 0 Å². The van der Waals surface area contributed by atoms with Gasteiger partial charge in [0, 0.05) is 33.5 Å². The third-order valence-corrected chi connectivity index (χ3v) is 9.93. The number of methoxy groups -OCH3 is 1. The first-order chi connectivity index (χ1) is 21.6. The zero-order valence-electron chi connectivity index (χ0n) is 25.4. The Balaban J connectivity index is 2.94. The summed E-state index contributed by atoms with van der Waals surface area (Å²) in [6, 6.07) is 0. The molecule has 4 N–H and O–H groups in total. The van der Waals surface area contributed by atoms with Crippen molar-refractivity contribution in [2.75, 3.05) is 86.2 Å². The summed E-state index contributed by atoms with van der Waals surface area (Å²) >= 11 is 5.17. The molecular weight excluding hydrogens is 677 g/mol. The van der Waals surface area contributed by atoms with Gasteiger partial charge >= 0.3 is 23.9 Å². The molecular formula is C27H46O14S4. The maximum atomic E-state index is 10.8. The zero-order valence-corrected chi connectivity index (χ0v) is 28.7. The van der Waals surface area contributed by atoms with Gasteiger partial charge in [0.1, 0.15) is 24.4 Å². The van der Waals surface area contributed by atoms with Crippen LogP contribution in [-0.4, -0.2) is 161 Å². The molecule has 0 unspecified atom stereocenters. The number of hydrogen-bond donors (Lipinski definition) is 4. The fourth-order valence-corrected chi connectivity index (χ4v) is 6.57. The summed E-state index contributed by atoms with van der Waals surface area (Å²) < 4.78 is 36.6. The highest BCUT2D eigenvalue weighted by Crippen LogP contribution is 2.30. The van der Waals surface area contributed by atoms with Crippen LogP contribution in [0.25, 0.3) is 0 Å². The highest BCUT2D eigenvalue weighted by atomic mass is 32.2. The maximum Gasteiger partial charge on any atom is 0.313 e. The minimum absolute atomic E-state index is 0.000542. The molecule has 45 heavy (non-hydrogen) atoms. The van der Waals surface area contributed by atoms with E-state index in [0.717, 1.165) is 0 Å². The Bertz CT molecular complexity index is 839. The second kappa shape index (κ2) is 27.0. The number of thioether (sulfide) groups is 4. The molecule has 1 saturated heterocycles. The van der Waals surface area contributed by atoms with Crippen molar-refractivity contribution in [3.8, 4) is 0 Å². The average molecular weight is 723 g/mol. The number of carboxylic acid groups (broad SMARTS) is 4. The molecule has 0 radical (unpaired) electrons. The Morgan fingerprint density at radius 2 is 0.956 bits per heavy atom. The van der Waals surface area contributed by atoms with Crippen molar-refractivity contribution < 1.29 is 68.0 Å². The molecule has 0 amide bonds. The van der Waals surface area contributed by atoms with Crippen molar-refractivity contribution in [1.29, 1.82) is 0 Å². The van der Waals surface area contributed by atoms with E-state index < -0.39 is 54.6 Å². The van der Waals surface area contributed by atoms with Crippen molar-refractivity contribution >= 4 is 70.9 Å². The van der Waals surface area contributed by atoms with Crippen molar-refractivity contribution in [2.45, 2.75) is 56.4 Å². The number of carbonyl (C=O) groups is 4. The standard InChI is InChI=1S/C27H46O14S4/c1-36-27-26(40-9-5-13-45-18-23(34)35)25(39-8-4-12-44-17-22(32)33)24(38-7-3-11-43-16-21(30)31)19(41-27)14-37-6-2-10-42-15-20(28)29/h19,24-27H,2-18H2,1H3,(H,28,29)(H,30,31)(H,32,33)(H,34,35)/t19-,24-,25+,26-,27+/m1/s1. The predicted molar refractivity (Wildman–Crippen MR) is 174 cm³/mol. The number of carboxylic acids is 4. The number of rotatable bonds is 30. The largest absolute Gasteiger partial charge is 0.481 e. The normalized spacial score (nSPS) is 21.5. The van der Waals surface area contributed by atoms with Crippen molar-refractivity contribution in [2.24, 2.45) is 0 Å². The lowest BCUT2D eigenvalue weighted by atomic mass is 9.98. The molecule has 1 heterocycles. The summed E-state index contributed by atoms with van der Waals surface area (Å²) in [6.45, 7) is 1.42. The lowest BCUT2D eigenvalue weighted by Gasteiger charge is -2.45. The molecule has 262 valence electrons. The van der Waals surface area contributed by atoms with E-state index in [0.29, 0.717) is 75.1 Å². The Morgan fingerprint density at radius 3 is 1.36 bits per heavy atom. The minimum atomic E-state index is -0.887. The van der Waals surface area contributed by atoms with E-state index >= 15 is 0 Å². The molecule has 1 rings (SSSR count). The van der Waals surface area contributed by atoms with E-state index in [2.05, 4.69) is 0 Å². The van der Waals surface area contributed by atoms with Crippen LogP contribution in [0.15, 0.2) is 0 Å².